The number of halogens is 1. The number of carbonyl (C=O) groups is 1. The maximum Gasteiger partial charge on any atom is 0.253 e. The van der Waals surface area contributed by atoms with E-state index in [0.29, 0.717) is 17.5 Å². The summed E-state index contributed by atoms with van der Waals surface area (Å²) in [6.45, 7) is 2.12. The quantitative estimate of drug-likeness (QED) is 0.853. The van der Waals surface area contributed by atoms with Gasteiger partial charge in [0.1, 0.15) is 5.75 Å². The van der Waals surface area contributed by atoms with Crippen LogP contribution in [0.25, 0.3) is 0 Å². The second kappa shape index (κ2) is 5.31. The van der Waals surface area contributed by atoms with Crippen molar-refractivity contribution in [2.24, 2.45) is 5.92 Å². The number of carbonyl (C=O) groups excluding carboxylic acids is 1. The molecular formula is C14H18BrNO2. The van der Waals surface area contributed by atoms with Gasteiger partial charge in [0, 0.05) is 18.7 Å². The van der Waals surface area contributed by atoms with E-state index in [2.05, 4.69) is 22.9 Å². The van der Waals surface area contributed by atoms with Gasteiger partial charge in [0.25, 0.3) is 5.91 Å². The van der Waals surface area contributed by atoms with E-state index in [1.54, 1.807) is 7.11 Å². The Labute approximate surface area is 116 Å². The first-order valence-electron chi connectivity index (χ1n) is 6.15. The van der Waals surface area contributed by atoms with Crippen LogP contribution >= 0.6 is 15.9 Å². The van der Waals surface area contributed by atoms with E-state index in [1.165, 1.54) is 12.8 Å². The molecule has 1 unspecified atom stereocenters. The molecule has 4 heteroatoms. The minimum Gasteiger partial charge on any atom is -0.496 e. The van der Waals surface area contributed by atoms with Crippen LogP contribution in [0.4, 0.5) is 0 Å². The molecule has 1 amide bonds. The lowest BCUT2D eigenvalue weighted by molar-refractivity contribution is 0.0727. The lowest BCUT2D eigenvalue weighted by Crippen LogP contribution is -2.36. The monoisotopic (exact) mass is 311 g/mol. The van der Waals surface area contributed by atoms with Gasteiger partial charge in [-0.1, -0.05) is 0 Å². The van der Waals surface area contributed by atoms with Crippen molar-refractivity contribution in [2.75, 3.05) is 14.2 Å². The molecule has 1 aliphatic carbocycles. The van der Waals surface area contributed by atoms with Crippen molar-refractivity contribution in [1.29, 1.82) is 0 Å². The Bertz CT molecular complexity index is 457. The Kier molecular flexibility index (Phi) is 3.95. The number of amides is 1. The molecule has 0 aliphatic heterocycles. The van der Waals surface area contributed by atoms with Crippen LogP contribution in [0.3, 0.4) is 0 Å². The van der Waals surface area contributed by atoms with Crippen molar-refractivity contribution in [1.82, 2.24) is 4.90 Å². The minimum atomic E-state index is 0.0674. The Hall–Kier alpha value is -1.03. The summed E-state index contributed by atoms with van der Waals surface area (Å²) in [5, 5.41) is 0. The lowest BCUT2D eigenvalue weighted by Gasteiger charge is -2.25. The lowest BCUT2D eigenvalue weighted by atomic mass is 10.1. The summed E-state index contributed by atoms with van der Waals surface area (Å²) in [4.78, 5) is 14.2. The molecule has 1 saturated carbocycles. The molecule has 0 saturated heterocycles. The molecule has 1 aromatic rings. The molecule has 0 spiro atoms. The smallest absolute Gasteiger partial charge is 0.253 e. The summed E-state index contributed by atoms with van der Waals surface area (Å²) in [6, 6.07) is 5.75. The number of hydrogen-bond acceptors (Lipinski definition) is 2. The van der Waals surface area contributed by atoms with E-state index in [9.17, 15) is 4.79 Å². The van der Waals surface area contributed by atoms with Gasteiger partial charge in [-0.05, 0) is 59.8 Å². The van der Waals surface area contributed by atoms with Crippen LogP contribution in [0.2, 0.25) is 0 Å². The first-order valence-corrected chi connectivity index (χ1v) is 6.94. The standard InChI is InChI=1S/C14H18BrNO2/c1-9(10-4-5-10)16(2)14(17)11-6-7-13(18-3)12(15)8-11/h6-10H,4-5H2,1-3H3. The number of hydrogen-bond donors (Lipinski definition) is 0. The summed E-state index contributed by atoms with van der Waals surface area (Å²) in [7, 11) is 3.49. The van der Waals surface area contributed by atoms with Gasteiger partial charge in [-0.25, -0.2) is 0 Å². The van der Waals surface area contributed by atoms with E-state index < -0.39 is 0 Å². The van der Waals surface area contributed by atoms with Crippen LogP contribution in [-0.2, 0) is 0 Å². The van der Waals surface area contributed by atoms with Crippen molar-refractivity contribution in [3.63, 3.8) is 0 Å². The Morgan fingerprint density at radius 3 is 2.67 bits per heavy atom. The first-order chi connectivity index (χ1) is 8.54. The third-order valence-corrected chi connectivity index (χ3v) is 4.25. The number of ether oxygens (including phenoxy) is 1. The molecule has 18 heavy (non-hydrogen) atoms. The first kappa shape index (κ1) is 13.4. The zero-order valence-corrected chi connectivity index (χ0v) is 12.5. The predicted octanol–water partition coefficient (Wildman–Crippen LogP) is 3.33. The van der Waals surface area contributed by atoms with Gasteiger partial charge < -0.3 is 9.64 Å². The molecule has 98 valence electrons. The van der Waals surface area contributed by atoms with Crippen molar-refractivity contribution in [3.05, 3.63) is 28.2 Å². The summed E-state index contributed by atoms with van der Waals surface area (Å²) >= 11 is 3.41. The predicted molar refractivity (Wildman–Crippen MR) is 75.0 cm³/mol. The second-order valence-electron chi connectivity index (χ2n) is 4.84. The second-order valence-corrected chi connectivity index (χ2v) is 5.70. The fourth-order valence-electron chi connectivity index (χ4n) is 2.08. The van der Waals surface area contributed by atoms with Crippen LogP contribution in [-0.4, -0.2) is 31.0 Å². The minimum absolute atomic E-state index is 0.0674. The Morgan fingerprint density at radius 1 is 1.50 bits per heavy atom. The van der Waals surface area contributed by atoms with E-state index in [0.717, 1.165) is 10.2 Å². The molecule has 1 fully saturated rings. The van der Waals surface area contributed by atoms with Gasteiger partial charge >= 0.3 is 0 Å². The summed E-state index contributed by atoms with van der Waals surface area (Å²) in [5.41, 5.74) is 0.692. The third-order valence-electron chi connectivity index (χ3n) is 3.63. The Balaban J connectivity index is 2.14. The van der Waals surface area contributed by atoms with Crippen LogP contribution in [0.5, 0.6) is 5.75 Å². The number of rotatable bonds is 4. The Morgan fingerprint density at radius 2 is 2.17 bits per heavy atom. The highest BCUT2D eigenvalue weighted by molar-refractivity contribution is 9.10. The summed E-state index contributed by atoms with van der Waals surface area (Å²) < 4.78 is 5.97. The van der Waals surface area contributed by atoms with Gasteiger partial charge in [-0.2, -0.15) is 0 Å². The SMILES string of the molecule is COc1ccc(C(=O)N(C)C(C)C2CC2)cc1Br. The van der Waals surface area contributed by atoms with Gasteiger partial charge in [0.05, 0.1) is 11.6 Å². The highest BCUT2D eigenvalue weighted by atomic mass is 79.9. The van der Waals surface area contributed by atoms with Crippen LogP contribution < -0.4 is 4.74 Å². The molecule has 1 atom stereocenters. The van der Waals surface area contributed by atoms with E-state index in [4.69, 9.17) is 4.74 Å². The van der Waals surface area contributed by atoms with E-state index in [1.807, 2.05) is 30.1 Å². The highest BCUT2D eigenvalue weighted by Gasteiger charge is 2.32. The maximum atomic E-state index is 12.3. The molecule has 2 rings (SSSR count). The van der Waals surface area contributed by atoms with Crippen LogP contribution in [0.15, 0.2) is 22.7 Å². The molecule has 1 aromatic carbocycles. The normalized spacial score (nSPS) is 16.2. The zero-order valence-electron chi connectivity index (χ0n) is 10.9. The van der Waals surface area contributed by atoms with Crippen molar-refractivity contribution >= 4 is 21.8 Å². The van der Waals surface area contributed by atoms with Gasteiger partial charge in [0.15, 0.2) is 0 Å². The van der Waals surface area contributed by atoms with Crippen LogP contribution in [0.1, 0.15) is 30.1 Å². The van der Waals surface area contributed by atoms with Crippen molar-refractivity contribution < 1.29 is 9.53 Å². The molecule has 3 nitrogen and oxygen atoms in total. The fraction of sp³-hybridized carbons (Fsp3) is 0.500. The molecule has 0 bridgehead atoms. The summed E-state index contributed by atoms with van der Waals surface area (Å²) in [6.07, 6.45) is 2.48. The van der Waals surface area contributed by atoms with E-state index in [-0.39, 0.29) is 5.91 Å². The third kappa shape index (κ3) is 2.69. The molecule has 1 aliphatic rings. The molecule has 0 radical (unpaired) electrons. The summed E-state index contributed by atoms with van der Waals surface area (Å²) in [5.74, 6) is 1.49. The number of nitrogens with zero attached hydrogens (tertiary/aromatic N) is 1. The van der Waals surface area contributed by atoms with Crippen molar-refractivity contribution in [3.8, 4) is 5.75 Å². The molecular weight excluding hydrogens is 294 g/mol. The largest absolute Gasteiger partial charge is 0.496 e. The van der Waals surface area contributed by atoms with Crippen LogP contribution in [0, 0.1) is 5.92 Å². The average molecular weight is 312 g/mol. The maximum absolute atomic E-state index is 12.3. The van der Waals surface area contributed by atoms with E-state index >= 15 is 0 Å². The topological polar surface area (TPSA) is 29.5 Å². The highest BCUT2D eigenvalue weighted by Crippen LogP contribution is 2.35. The molecule has 0 aromatic heterocycles. The van der Waals surface area contributed by atoms with Crippen molar-refractivity contribution in [2.45, 2.75) is 25.8 Å². The average Bonchev–Trinajstić information content (AvgIpc) is 3.20. The van der Waals surface area contributed by atoms with Gasteiger partial charge in [-0.15, -0.1) is 0 Å². The fourth-order valence-corrected chi connectivity index (χ4v) is 2.62. The molecule has 0 N–H and O–H groups in total. The van der Waals surface area contributed by atoms with Gasteiger partial charge in [-0.3, -0.25) is 4.79 Å². The number of benzene rings is 1. The van der Waals surface area contributed by atoms with Gasteiger partial charge in [0.2, 0.25) is 0 Å². The molecule has 0 heterocycles. The zero-order chi connectivity index (χ0) is 13.3. The number of methoxy groups -OCH3 is 1.